The number of benzene rings is 14. The summed E-state index contributed by atoms with van der Waals surface area (Å²) in [6.07, 6.45) is 0. The molecule has 0 atom stereocenters. The van der Waals surface area contributed by atoms with Gasteiger partial charge in [0.25, 0.3) is 6.71 Å². The monoisotopic (exact) mass is 1400 g/mol. The van der Waals surface area contributed by atoms with E-state index in [0.29, 0.717) is 0 Å². The van der Waals surface area contributed by atoms with Crippen molar-refractivity contribution in [3.8, 4) is 16.8 Å². The lowest BCUT2D eigenvalue weighted by Crippen LogP contribution is -2.75. The quantitative estimate of drug-likeness (QED) is 0.0892. The predicted molar refractivity (Wildman–Crippen MR) is 462 cm³/mol. The summed E-state index contributed by atoms with van der Waals surface area (Å²) in [5.74, 6) is 0. The number of hydrogen-bond acceptors (Lipinski definition) is 2. The van der Waals surface area contributed by atoms with Crippen LogP contribution < -0.4 is 67.7 Å². The van der Waals surface area contributed by atoms with Gasteiger partial charge < -0.3 is 14.4 Å². The molecule has 15 aromatic rings. The summed E-state index contributed by atoms with van der Waals surface area (Å²) in [4.78, 5) is 5.37. The minimum absolute atomic E-state index is 0.0331. The van der Waals surface area contributed by atoms with Gasteiger partial charge in [0.05, 0.1) is 16.7 Å². The normalized spacial score (nSPS) is 13.2. The first-order valence-corrected chi connectivity index (χ1v) is 41.9. The molecule has 6 heteroatoms. The highest BCUT2D eigenvalue weighted by atomic mass is 28.3. The molecule has 3 nitrogen and oxygen atoms in total. The molecule has 0 saturated carbocycles. The smallest absolute Gasteiger partial charge is 0.252 e. The van der Waals surface area contributed by atoms with Gasteiger partial charge in [-0.05, 0) is 174 Å². The van der Waals surface area contributed by atoms with E-state index in [9.17, 15) is 0 Å². The molecule has 0 fully saturated rings. The van der Waals surface area contributed by atoms with Gasteiger partial charge in [0.1, 0.15) is 0 Å². The SMILES string of the molecule is CC(C)(C)c1ccc(-c2ccc(N3c4cc([Si](c5ccccc5)(c5ccccc5)c5ccccc5)ccc4B4c5cc(C(C)(C)C)ccc5N(c5cccc([Si](c6ccccc6)(c6ccccc6)c6ccccc6)c5)c5cc(-n6c7cc(C(C)(C)C)ccc7c7ccc(C(C)(C)C)cc76)cc3c54)cc2)cc1. The fourth-order valence-corrected chi connectivity index (χ4v) is 27.1. The van der Waals surface area contributed by atoms with E-state index < -0.39 is 16.1 Å². The molecule has 106 heavy (non-hydrogen) atoms. The molecule has 0 amide bonds. The molecule has 0 unspecified atom stereocenters. The van der Waals surface area contributed by atoms with Crippen molar-refractivity contribution in [3.05, 3.63) is 362 Å². The highest BCUT2D eigenvalue weighted by Gasteiger charge is 2.48. The van der Waals surface area contributed by atoms with E-state index in [0.717, 1.165) is 28.4 Å². The molecule has 0 bridgehead atoms. The second-order valence-electron chi connectivity index (χ2n) is 33.7. The maximum Gasteiger partial charge on any atom is 0.252 e. The highest BCUT2D eigenvalue weighted by Crippen LogP contribution is 2.48. The van der Waals surface area contributed by atoms with Gasteiger partial charge in [0, 0.05) is 44.9 Å². The van der Waals surface area contributed by atoms with Crippen molar-refractivity contribution in [3.63, 3.8) is 0 Å². The van der Waals surface area contributed by atoms with Crippen LogP contribution in [0.4, 0.5) is 34.1 Å². The lowest BCUT2D eigenvalue weighted by Gasteiger charge is -2.45. The third-order valence-corrected chi connectivity index (χ3v) is 32.6. The second kappa shape index (κ2) is 25.9. The molecule has 0 saturated heterocycles. The van der Waals surface area contributed by atoms with Crippen LogP contribution in [-0.2, 0) is 21.7 Å². The van der Waals surface area contributed by atoms with Gasteiger partial charge in [-0.3, -0.25) is 0 Å². The van der Waals surface area contributed by atoms with Crippen LogP contribution in [-0.4, -0.2) is 27.4 Å². The Bertz CT molecular complexity index is 5520. The summed E-state index contributed by atoms with van der Waals surface area (Å²) >= 11 is 0. The molecule has 0 spiro atoms. The Labute approximate surface area is 630 Å². The van der Waals surface area contributed by atoms with E-state index in [1.54, 1.807) is 0 Å². The average molecular weight is 1400 g/mol. The fraction of sp³-hybridized carbons (Fsp3) is 0.160. The molecular formula is C100H92BN3Si2. The summed E-state index contributed by atoms with van der Waals surface area (Å²) in [7, 11) is -6.19. The zero-order valence-electron chi connectivity index (χ0n) is 63.3. The van der Waals surface area contributed by atoms with Crippen molar-refractivity contribution in [2.45, 2.75) is 105 Å². The minimum atomic E-state index is -3.13. The Morgan fingerprint density at radius 2 is 0.594 bits per heavy atom. The Morgan fingerprint density at radius 3 is 1.01 bits per heavy atom. The van der Waals surface area contributed by atoms with Crippen LogP contribution in [0.3, 0.4) is 0 Å². The van der Waals surface area contributed by atoms with Gasteiger partial charge in [-0.15, -0.1) is 0 Å². The predicted octanol–water partition coefficient (Wildman–Crippen LogP) is 18.5. The van der Waals surface area contributed by atoms with Crippen LogP contribution in [0.5, 0.6) is 0 Å². The van der Waals surface area contributed by atoms with E-state index in [2.05, 4.69) is 437 Å². The van der Waals surface area contributed by atoms with Crippen molar-refractivity contribution in [1.29, 1.82) is 0 Å². The van der Waals surface area contributed by atoms with Gasteiger partial charge in [-0.1, -0.05) is 362 Å². The number of hydrogen-bond donors (Lipinski definition) is 0. The van der Waals surface area contributed by atoms with E-state index in [1.165, 1.54) is 124 Å². The van der Waals surface area contributed by atoms with Crippen LogP contribution in [0.15, 0.2) is 340 Å². The van der Waals surface area contributed by atoms with Crippen LogP contribution in [0.2, 0.25) is 0 Å². The zero-order chi connectivity index (χ0) is 73.1. The van der Waals surface area contributed by atoms with Gasteiger partial charge >= 0.3 is 0 Å². The fourth-order valence-electron chi connectivity index (χ4n) is 17.6. The Balaban J connectivity index is 1.03. The Hall–Kier alpha value is -11.0. The van der Waals surface area contributed by atoms with E-state index in [4.69, 9.17) is 0 Å². The summed E-state index contributed by atoms with van der Waals surface area (Å²) in [5, 5.41) is 13.2. The lowest BCUT2D eigenvalue weighted by atomic mass is 9.33. The van der Waals surface area contributed by atoms with Gasteiger partial charge in [-0.25, -0.2) is 0 Å². The van der Waals surface area contributed by atoms with E-state index in [1.807, 2.05) is 0 Å². The topological polar surface area (TPSA) is 11.4 Å². The molecule has 2 aliphatic rings. The van der Waals surface area contributed by atoms with Crippen LogP contribution in [0, 0.1) is 0 Å². The number of anilines is 6. The second-order valence-corrected chi connectivity index (χ2v) is 41.3. The number of fused-ring (bicyclic) bond motifs is 7. The first kappa shape index (κ1) is 68.1. The number of aromatic nitrogens is 1. The third-order valence-electron chi connectivity index (χ3n) is 23.1. The van der Waals surface area contributed by atoms with Crippen molar-refractivity contribution in [2.75, 3.05) is 9.80 Å². The van der Waals surface area contributed by atoms with E-state index >= 15 is 0 Å². The maximum atomic E-state index is 2.69. The van der Waals surface area contributed by atoms with Gasteiger partial charge in [0.15, 0.2) is 16.1 Å². The highest BCUT2D eigenvalue weighted by molar-refractivity contribution is 7.20. The molecule has 14 aromatic carbocycles. The van der Waals surface area contributed by atoms with Gasteiger partial charge in [-0.2, -0.15) is 0 Å². The van der Waals surface area contributed by atoms with E-state index in [-0.39, 0.29) is 28.4 Å². The largest absolute Gasteiger partial charge is 0.311 e. The molecule has 17 rings (SSSR count). The van der Waals surface area contributed by atoms with Crippen molar-refractivity contribution in [2.24, 2.45) is 0 Å². The van der Waals surface area contributed by atoms with Crippen molar-refractivity contribution < 1.29 is 0 Å². The summed E-state index contributed by atoms with van der Waals surface area (Å²) < 4.78 is 2.64. The summed E-state index contributed by atoms with van der Waals surface area (Å²) in [5.41, 5.74) is 21.4. The molecule has 2 aliphatic heterocycles. The van der Waals surface area contributed by atoms with Gasteiger partial charge in [0.2, 0.25) is 0 Å². The van der Waals surface area contributed by atoms with Crippen LogP contribution in [0.25, 0.3) is 38.6 Å². The van der Waals surface area contributed by atoms with Crippen LogP contribution >= 0.6 is 0 Å². The first-order valence-electron chi connectivity index (χ1n) is 37.9. The maximum absolute atomic E-state index is 3.13. The Kier molecular flexibility index (Phi) is 16.7. The average Bonchev–Trinajstić information content (AvgIpc) is 0.832. The molecule has 518 valence electrons. The molecule has 0 radical (unpaired) electrons. The molecule has 0 N–H and O–H groups in total. The summed E-state index contributed by atoms with van der Waals surface area (Å²) in [6.45, 7) is 27.9. The lowest BCUT2D eigenvalue weighted by molar-refractivity contribution is 0.590. The Morgan fingerprint density at radius 1 is 0.236 bits per heavy atom. The minimum Gasteiger partial charge on any atom is -0.311 e. The molecule has 3 heterocycles. The molecular weight excluding hydrogens is 1310 g/mol. The first-order chi connectivity index (χ1) is 51.1. The standard InChI is InChI=1S/C100H92BN3Si2/c1-97(2,3)71-50-46-69(47-51-71)70-48-55-75(56-49-70)102-93-68-85(106(81-39-25-16-26-40-81,82-41-27-17-28-42-82)83-43-29-18-30-44-83)57-60-88(93)101-89-62-72(98(4,5)6)54-61-90(89)103(76-32-31-45-84(65-76)105(78-33-19-13-20-34-78,79-35-21-14-22-36-79)80-37-23-15-24-38-80)95-67-77(66-94(102)96(95)101)104-91-63-73(99(7,8)9)52-58-86(91)87-59-53-74(64-92(87)104)100(10,11)12/h13-68H,1-12H3. The third kappa shape index (κ3) is 11.4. The molecule has 0 aliphatic carbocycles. The number of rotatable bonds is 12. The number of nitrogens with zero attached hydrogens (tertiary/aromatic N) is 3. The zero-order valence-corrected chi connectivity index (χ0v) is 65.3. The molecule has 1 aromatic heterocycles. The van der Waals surface area contributed by atoms with Crippen LogP contribution in [0.1, 0.15) is 105 Å². The summed E-state index contributed by atoms with van der Waals surface area (Å²) in [6, 6.07) is 132. The van der Waals surface area contributed by atoms with Crippen molar-refractivity contribution >= 4 is 137 Å². The van der Waals surface area contributed by atoms with Crippen molar-refractivity contribution in [1.82, 2.24) is 4.57 Å².